The van der Waals surface area contributed by atoms with Crippen molar-refractivity contribution in [2.24, 2.45) is 5.92 Å². The Kier molecular flexibility index (Phi) is 3.48. The molecule has 0 N–H and O–H groups in total. The van der Waals surface area contributed by atoms with Gasteiger partial charge in [0, 0.05) is 38.6 Å². The smallest absolute Gasteiger partial charge is 0.223 e. The van der Waals surface area contributed by atoms with Gasteiger partial charge in [-0.15, -0.1) is 10.2 Å². The molecule has 1 aliphatic carbocycles. The standard InChI is InChI=1S/C16H23N5O/c1-12-17-18-15-11-19(6-7-21(12)15)14-9-20(10-14)16(22)8-13-4-2-3-5-13/h2,4,13-14H,3,5-11H2,1H3/t13-/m0/s1. The highest BCUT2D eigenvalue weighted by atomic mass is 16.2. The van der Waals surface area contributed by atoms with E-state index in [-0.39, 0.29) is 0 Å². The molecule has 1 atom stereocenters. The lowest BCUT2D eigenvalue weighted by molar-refractivity contribution is -0.139. The molecule has 0 radical (unpaired) electrons. The molecule has 2 aliphatic heterocycles. The van der Waals surface area contributed by atoms with Crippen LogP contribution in [-0.2, 0) is 17.9 Å². The van der Waals surface area contributed by atoms with Crippen LogP contribution >= 0.6 is 0 Å². The molecule has 4 rings (SSSR count). The molecule has 1 aromatic heterocycles. The fourth-order valence-electron chi connectivity index (χ4n) is 3.74. The summed E-state index contributed by atoms with van der Waals surface area (Å²) >= 11 is 0. The molecular formula is C16H23N5O. The summed E-state index contributed by atoms with van der Waals surface area (Å²) in [6, 6.07) is 0.494. The van der Waals surface area contributed by atoms with Crippen molar-refractivity contribution in [3.63, 3.8) is 0 Å². The molecule has 1 aromatic rings. The molecule has 0 bridgehead atoms. The number of fused-ring (bicyclic) bond motifs is 1. The van der Waals surface area contributed by atoms with E-state index < -0.39 is 0 Å². The van der Waals surface area contributed by atoms with Gasteiger partial charge in [-0.25, -0.2) is 0 Å². The van der Waals surface area contributed by atoms with Crippen molar-refractivity contribution in [2.75, 3.05) is 19.6 Å². The number of aromatic nitrogens is 3. The van der Waals surface area contributed by atoms with E-state index >= 15 is 0 Å². The second-order valence-corrected chi connectivity index (χ2v) is 6.71. The molecule has 0 saturated carbocycles. The lowest BCUT2D eigenvalue weighted by Gasteiger charge is -2.46. The fourth-order valence-corrected chi connectivity index (χ4v) is 3.74. The Hall–Kier alpha value is -1.69. The van der Waals surface area contributed by atoms with Crippen molar-refractivity contribution < 1.29 is 4.79 Å². The Labute approximate surface area is 130 Å². The number of nitrogens with zero attached hydrogens (tertiary/aromatic N) is 5. The van der Waals surface area contributed by atoms with E-state index in [9.17, 15) is 4.79 Å². The summed E-state index contributed by atoms with van der Waals surface area (Å²) < 4.78 is 2.20. The SMILES string of the molecule is Cc1nnc2n1CCN(C1CN(C(=O)C[C@H]3C=CCC3)C1)C2. The number of allylic oxidation sites excluding steroid dienone is 2. The minimum absolute atomic E-state index is 0.323. The van der Waals surface area contributed by atoms with Crippen LogP contribution in [0.5, 0.6) is 0 Å². The Bertz CT molecular complexity index is 602. The second kappa shape index (κ2) is 5.50. The highest BCUT2D eigenvalue weighted by Gasteiger charge is 2.37. The number of aryl methyl sites for hydroxylation is 1. The molecule has 0 spiro atoms. The van der Waals surface area contributed by atoms with Crippen LogP contribution in [0.25, 0.3) is 0 Å². The van der Waals surface area contributed by atoms with Crippen molar-refractivity contribution >= 4 is 5.91 Å². The summed E-state index contributed by atoms with van der Waals surface area (Å²) in [6.45, 7) is 6.62. The molecule has 1 fully saturated rings. The lowest BCUT2D eigenvalue weighted by atomic mass is 10.0. The maximum Gasteiger partial charge on any atom is 0.223 e. The van der Waals surface area contributed by atoms with Gasteiger partial charge in [0.25, 0.3) is 0 Å². The first kappa shape index (κ1) is 13.9. The predicted octanol–water partition coefficient (Wildman–Crippen LogP) is 0.969. The Morgan fingerprint density at radius 2 is 2.18 bits per heavy atom. The molecule has 3 heterocycles. The number of carbonyl (C=O) groups is 1. The molecule has 22 heavy (non-hydrogen) atoms. The van der Waals surface area contributed by atoms with E-state index in [0.29, 0.717) is 24.3 Å². The van der Waals surface area contributed by atoms with E-state index in [4.69, 9.17) is 0 Å². The Morgan fingerprint density at radius 3 is 2.95 bits per heavy atom. The van der Waals surface area contributed by atoms with Gasteiger partial charge in [0.1, 0.15) is 11.6 Å². The van der Waals surface area contributed by atoms with Crippen molar-refractivity contribution in [3.05, 3.63) is 23.8 Å². The van der Waals surface area contributed by atoms with Gasteiger partial charge in [0.05, 0.1) is 6.54 Å². The maximum atomic E-state index is 12.3. The molecule has 1 amide bonds. The number of likely N-dealkylation sites (tertiary alicyclic amines) is 1. The summed E-state index contributed by atoms with van der Waals surface area (Å²) in [6.07, 6.45) is 7.37. The number of carbonyl (C=O) groups excluding carboxylic acids is 1. The van der Waals surface area contributed by atoms with Crippen molar-refractivity contribution in [2.45, 2.75) is 45.3 Å². The Morgan fingerprint density at radius 1 is 1.32 bits per heavy atom. The van der Waals surface area contributed by atoms with Crippen LogP contribution in [0.4, 0.5) is 0 Å². The zero-order chi connectivity index (χ0) is 15.1. The third kappa shape index (κ3) is 2.45. The highest BCUT2D eigenvalue weighted by Crippen LogP contribution is 2.25. The van der Waals surface area contributed by atoms with E-state index in [1.807, 2.05) is 11.8 Å². The quantitative estimate of drug-likeness (QED) is 0.781. The maximum absolute atomic E-state index is 12.3. The zero-order valence-electron chi connectivity index (χ0n) is 13.1. The Balaban J connectivity index is 1.28. The summed E-state index contributed by atoms with van der Waals surface area (Å²) in [5, 5.41) is 8.40. The minimum Gasteiger partial charge on any atom is -0.339 e. The molecule has 0 unspecified atom stereocenters. The first-order valence-electron chi connectivity index (χ1n) is 8.28. The second-order valence-electron chi connectivity index (χ2n) is 6.71. The third-order valence-electron chi connectivity index (χ3n) is 5.25. The molecule has 6 heteroatoms. The summed E-state index contributed by atoms with van der Waals surface area (Å²) in [5.74, 6) is 2.86. The van der Waals surface area contributed by atoms with Gasteiger partial charge in [-0.05, 0) is 25.7 Å². The molecule has 1 saturated heterocycles. The molecular weight excluding hydrogens is 278 g/mol. The van der Waals surface area contributed by atoms with Crippen molar-refractivity contribution in [1.29, 1.82) is 0 Å². The van der Waals surface area contributed by atoms with E-state index in [1.165, 1.54) is 0 Å². The van der Waals surface area contributed by atoms with Gasteiger partial charge in [0.2, 0.25) is 5.91 Å². The predicted molar refractivity (Wildman–Crippen MR) is 82.0 cm³/mol. The number of hydrogen-bond acceptors (Lipinski definition) is 4. The van der Waals surface area contributed by atoms with Crippen LogP contribution in [0.15, 0.2) is 12.2 Å². The third-order valence-corrected chi connectivity index (χ3v) is 5.25. The monoisotopic (exact) mass is 301 g/mol. The van der Waals surface area contributed by atoms with Crippen LogP contribution < -0.4 is 0 Å². The van der Waals surface area contributed by atoms with Crippen LogP contribution in [-0.4, -0.2) is 56.1 Å². The van der Waals surface area contributed by atoms with Crippen LogP contribution in [0.1, 0.15) is 30.9 Å². The van der Waals surface area contributed by atoms with Gasteiger partial charge in [-0.1, -0.05) is 12.2 Å². The number of rotatable bonds is 3. The average Bonchev–Trinajstić information content (AvgIpc) is 3.08. The molecule has 6 nitrogen and oxygen atoms in total. The normalized spacial score (nSPS) is 25.3. The van der Waals surface area contributed by atoms with Gasteiger partial charge in [-0.3, -0.25) is 9.69 Å². The molecule has 0 aromatic carbocycles. The largest absolute Gasteiger partial charge is 0.339 e. The van der Waals surface area contributed by atoms with Gasteiger partial charge < -0.3 is 9.47 Å². The van der Waals surface area contributed by atoms with Gasteiger partial charge in [-0.2, -0.15) is 0 Å². The summed E-state index contributed by atoms with van der Waals surface area (Å²) in [4.78, 5) is 16.7. The molecule has 3 aliphatic rings. The van der Waals surface area contributed by atoms with Gasteiger partial charge in [0.15, 0.2) is 0 Å². The van der Waals surface area contributed by atoms with Crippen LogP contribution in [0, 0.1) is 12.8 Å². The fraction of sp³-hybridized carbons (Fsp3) is 0.688. The van der Waals surface area contributed by atoms with Crippen molar-refractivity contribution in [1.82, 2.24) is 24.6 Å². The zero-order valence-corrected chi connectivity index (χ0v) is 13.1. The van der Waals surface area contributed by atoms with E-state index in [0.717, 1.165) is 57.2 Å². The number of amides is 1. The molecule has 118 valence electrons. The minimum atomic E-state index is 0.323. The van der Waals surface area contributed by atoms with Gasteiger partial charge >= 0.3 is 0 Å². The topological polar surface area (TPSA) is 54.3 Å². The first-order chi connectivity index (χ1) is 10.7. The van der Waals surface area contributed by atoms with Crippen LogP contribution in [0.2, 0.25) is 0 Å². The summed E-state index contributed by atoms with van der Waals surface area (Å²) in [7, 11) is 0. The first-order valence-corrected chi connectivity index (χ1v) is 8.28. The number of hydrogen-bond donors (Lipinski definition) is 0. The summed E-state index contributed by atoms with van der Waals surface area (Å²) in [5.41, 5.74) is 0. The average molecular weight is 301 g/mol. The van der Waals surface area contributed by atoms with E-state index in [1.54, 1.807) is 0 Å². The highest BCUT2D eigenvalue weighted by molar-refractivity contribution is 5.77. The lowest BCUT2D eigenvalue weighted by Crippen LogP contribution is -2.62. The van der Waals surface area contributed by atoms with Crippen molar-refractivity contribution in [3.8, 4) is 0 Å². The van der Waals surface area contributed by atoms with E-state index in [2.05, 4.69) is 31.8 Å². The van der Waals surface area contributed by atoms with Crippen LogP contribution in [0.3, 0.4) is 0 Å².